The van der Waals surface area contributed by atoms with Crippen LogP contribution in [0.5, 0.6) is 0 Å². The molecule has 1 heterocycles. The molecular formula is C6H8F3N5. The Morgan fingerprint density at radius 1 is 1.57 bits per heavy atom. The van der Waals surface area contributed by atoms with Gasteiger partial charge in [-0.05, 0) is 0 Å². The molecule has 0 atom stereocenters. The molecule has 0 saturated heterocycles. The molecule has 0 amide bonds. The zero-order valence-electron chi connectivity index (χ0n) is 6.97. The van der Waals surface area contributed by atoms with E-state index in [-0.39, 0.29) is 18.2 Å². The van der Waals surface area contributed by atoms with Gasteiger partial charge in [0.05, 0.1) is 6.54 Å². The largest absolute Gasteiger partial charge is 0.435 e. The molecule has 0 bridgehead atoms. The van der Waals surface area contributed by atoms with Gasteiger partial charge in [-0.3, -0.25) is 5.41 Å². The summed E-state index contributed by atoms with van der Waals surface area (Å²) in [6, 6.07) is 0.697. The number of anilines is 1. The number of hydrogen-bond donors (Lipinski definition) is 3. The summed E-state index contributed by atoms with van der Waals surface area (Å²) >= 11 is 0. The van der Waals surface area contributed by atoms with Crippen LogP contribution < -0.4 is 11.5 Å². The van der Waals surface area contributed by atoms with Crippen molar-refractivity contribution >= 4 is 11.7 Å². The highest BCUT2D eigenvalue weighted by molar-refractivity contribution is 5.76. The van der Waals surface area contributed by atoms with E-state index in [4.69, 9.17) is 16.9 Å². The Morgan fingerprint density at radius 2 is 2.14 bits per heavy atom. The van der Waals surface area contributed by atoms with E-state index in [2.05, 4.69) is 5.10 Å². The number of nitrogens with one attached hydrogen (secondary N) is 1. The maximum Gasteiger partial charge on any atom is 0.435 e. The third kappa shape index (κ3) is 2.15. The molecule has 0 spiro atoms. The fourth-order valence-electron chi connectivity index (χ4n) is 0.858. The van der Waals surface area contributed by atoms with E-state index in [0.717, 1.165) is 4.68 Å². The lowest BCUT2D eigenvalue weighted by Gasteiger charge is -2.02. The summed E-state index contributed by atoms with van der Waals surface area (Å²) < 4.78 is 37.1. The van der Waals surface area contributed by atoms with Crippen molar-refractivity contribution in [2.24, 2.45) is 5.73 Å². The first-order valence-corrected chi connectivity index (χ1v) is 3.54. The summed E-state index contributed by atoms with van der Waals surface area (Å²) in [5.74, 6) is -0.485. The molecule has 8 heteroatoms. The van der Waals surface area contributed by atoms with Crippen molar-refractivity contribution < 1.29 is 13.2 Å². The lowest BCUT2D eigenvalue weighted by molar-refractivity contribution is -0.141. The lowest BCUT2D eigenvalue weighted by Crippen LogP contribution is -2.20. The summed E-state index contributed by atoms with van der Waals surface area (Å²) in [6.45, 7) is -0.248. The maximum atomic E-state index is 12.1. The monoisotopic (exact) mass is 207 g/mol. The van der Waals surface area contributed by atoms with Crippen LogP contribution in [0.1, 0.15) is 5.69 Å². The number of nitrogens with zero attached hydrogens (tertiary/aromatic N) is 2. The lowest BCUT2D eigenvalue weighted by atomic mass is 10.4. The summed E-state index contributed by atoms with van der Waals surface area (Å²) in [4.78, 5) is 0. The second-order valence-electron chi connectivity index (χ2n) is 2.64. The first-order valence-electron chi connectivity index (χ1n) is 3.54. The number of aromatic nitrogens is 2. The Hall–Kier alpha value is -1.73. The Bertz CT molecular complexity index is 353. The van der Waals surface area contributed by atoms with E-state index in [9.17, 15) is 13.2 Å². The van der Waals surface area contributed by atoms with Gasteiger partial charge in [-0.2, -0.15) is 18.3 Å². The third-order valence-corrected chi connectivity index (χ3v) is 1.42. The van der Waals surface area contributed by atoms with Gasteiger partial charge in [-0.15, -0.1) is 0 Å². The minimum Gasteiger partial charge on any atom is -0.386 e. The number of alkyl halides is 3. The molecule has 14 heavy (non-hydrogen) atoms. The number of nitrogen functional groups attached to an aromatic ring is 1. The van der Waals surface area contributed by atoms with Crippen LogP contribution >= 0.6 is 0 Å². The highest BCUT2D eigenvalue weighted by Crippen LogP contribution is 2.28. The summed E-state index contributed by atoms with van der Waals surface area (Å²) in [5.41, 5.74) is 9.15. The zero-order valence-corrected chi connectivity index (χ0v) is 6.97. The van der Waals surface area contributed by atoms with E-state index < -0.39 is 11.9 Å². The molecule has 1 aromatic rings. The van der Waals surface area contributed by atoms with Crippen molar-refractivity contribution in [3.8, 4) is 0 Å². The Labute approximate surface area is 77.0 Å². The Kier molecular flexibility index (Phi) is 2.37. The van der Waals surface area contributed by atoms with Gasteiger partial charge in [0.1, 0.15) is 11.7 Å². The molecule has 78 valence electrons. The molecule has 0 aliphatic rings. The third-order valence-electron chi connectivity index (χ3n) is 1.42. The molecule has 0 aromatic carbocycles. The summed E-state index contributed by atoms with van der Waals surface area (Å²) in [7, 11) is 0. The summed E-state index contributed by atoms with van der Waals surface area (Å²) in [5, 5.41) is 10.0. The minimum absolute atomic E-state index is 0.174. The van der Waals surface area contributed by atoms with Gasteiger partial charge >= 0.3 is 6.18 Å². The van der Waals surface area contributed by atoms with Gasteiger partial charge in [0, 0.05) is 6.07 Å². The molecule has 0 fully saturated rings. The van der Waals surface area contributed by atoms with Gasteiger partial charge in [0.2, 0.25) is 0 Å². The van der Waals surface area contributed by atoms with Gasteiger partial charge < -0.3 is 11.5 Å². The van der Waals surface area contributed by atoms with Crippen LogP contribution in [0.25, 0.3) is 0 Å². The first kappa shape index (κ1) is 10.4. The molecule has 0 unspecified atom stereocenters. The van der Waals surface area contributed by atoms with Crippen LogP contribution in [0.3, 0.4) is 0 Å². The Morgan fingerprint density at radius 3 is 2.50 bits per heavy atom. The van der Waals surface area contributed by atoms with E-state index in [1.807, 2.05) is 0 Å². The van der Waals surface area contributed by atoms with Crippen LogP contribution in [-0.4, -0.2) is 15.6 Å². The average molecular weight is 207 g/mol. The van der Waals surface area contributed by atoms with Crippen LogP contribution in [0.4, 0.5) is 19.0 Å². The number of halogens is 3. The van der Waals surface area contributed by atoms with Crippen LogP contribution in [-0.2, 0) is 12.7 Å². The molecule has 0 aliphatic carbocycles. The maximum absolute atomic E-state index is 12.1. The summed E-state index contributed by atoms with van der Waals surface area (Å²) in [6.07, 6.45) is -4.53. The van der Waals surface area contributed by atoms with Crippen molar-refractivity contribution in [2.75, 3.05) is 5.73 Å². The smallest absolute Gasteiger partial charge is 0.386 e. The molecule has 0 aliphatic heterocycles. The second-order valence-corrected chi connectivity index (χ2v) is 2.64. The van der Waals surface area contributed by atoms with Crippen molar-refractivity contribution in [3.05, 3.63) is 11.8 Å². The molecule has 1 rings (SSSR count). The Balaban J connectivity index is 2.99. The number of amidine groups is 1. The quantitative estimate of drug-likeness (QED) is 0.484. The topological polar surface area (TPSA) is 93.7 Å². The van der Waals surface area contributed by atoms with E-state index in [0.29, 0.717) is 6.07 Å². The molecular weight excluding hydrogens is 199 g/mol. The fourth-order valence-corrected chi connectivity index (χ4v) is 0.858. The van der Waals surface area contributed by atoms with E-state index in [1.165, 1.54) is 0 Å². The van der Waals surface area contributed by atoms with E-state index in [1.54, 1.807) is 0 Å². The number of nitrogens with two attached hydrogens (primary N) is 2. The average Bonchev–Trinajstić information content (AvgIpc) is 2.30. The molecule has 5 N–H and O–H groups in total. The first-order chi connectivity index (χ1) is 6.30. The molecule has 0 radical (unpaired) electrons. The predicted octanol–water partition coefficient (Wildman–Crippen LogP) is 0.420. The van der Waals surface area contributed by atoms with Crippen molar-refractivity contribution in [1.82, 2.24) is 9.78 Å². The van der Waals surface area contributed by atoms with Crippen LogP contribution in [0.2, 0.25) is 0 Å². The minimum atomic E-state index is -4.53. The zero-order chi connectivity index (χ0) is 10.9. The molecule has 1 aromatic heterocycles. The normalized spacial score (nSPS) is 11.6. The van der Waals surface area contributed by atoms with Gasteiger partial charge in [-0.1, -0.05) is 0 Å². The van der Waals surface area contributed by atoms with Crippen molar-refractivity contribution in [3.63, 3.8) is 0 Å². The van der Waals surface area contributed by atoms with Crippen molar-refractivity contribution in [2.45, 2.75) is 12.7 Å². The molecule has 0 saturated carbocycles. The SMILES string of the molecule is N=C(N)Cn1nc(C(F)(F)F)cc1N. The van der Waals surface area contributed by atoms with Gasteiger partial charge in [0.25, 0.3) is 0 Å². The van der Waals surface area contributed by atoms with Crippen LogP contribution in [0.15, 0.2) is 6.07 Å². The van der Waals surface area contributed by atoms with Crippen molar-refractivity contribution in [1.29, 1.82) is 5.41 Å². The van der Waals surface area contributed by atoms with Gasteiger partial charge in [-0.25, -0.2) is 4.68 Å². The highest BCUT2D eigenvalue weighted by Gasteiger charge is 2.34. The number of hydrogen-bond acceptors (Lipinski definition) is 3. The number of rotatable bonds is 2. The fraction of sp³-hybridized carbons (Fsp3) is 0.333. The van der Waals surface area contributed by atoms with Gasteiger partial charge in [0.15, 0.2) is 5.69 Å². The highest BCUT2D eigenvalue weighted by atomic mass is 19.4. The standard InChI is InChI=1S/C6H8F3N5/c7-6(8,9)3-1-5(12)14(13-3)2-4(10)11/h1H,2,12H2,(H3,10,11). The van der Waals surface area contributed by atoms with Crippen LogP contribution in [0, 0.1) is 5.41 Å². The predicted molar refractivity (Wildman–Crippen MR) is 43.6 cm³/mol. The second kappa shape index (κ2) is 3.20. The molecule has 5 nitrogen and oxygen atoms in total. The van der Waals surface area contributed by atoms with E-state index >= 15 is 0 Å².